The van der Waals surface area contributed by atoms with E-state index in [1.54, 1.807) is 20.8 Å². The minimum atomic E-state index is -0.891. The van der Waals surface area contributed by atoms with Crippen LogP contribution in [-0.4, -0.2) is 48.1 Å². The van der Waals surface area contributed by atoms with E-state index in [2.05, 4.69) is 16.0 Å². The summed E-state index contributed by atoms with van der Waals surface area (Å²) in [5, 5.41) is 7.53. The highest BCUT2D eigenvalue weighted by atomic mass is 16.6. The molecule has 1 aromatic carbocycles. The van der Waals surface area contributed by atoms with Gasteiger partial charge in [0, 0.05) is 0 Å². The van der Waals surface area contributed by atoms with Crippen LogP contribution in [0.2, 0.25) is 0 Å². The average Bonchev–Trinajstić information content (AvgIpc) is 2.69. The third kappa shape index (κ3) is 11.3. The number of amides is 3. The monoisotopic (exact) mass is 449 g/mol. The van der Waals surface area contributed by atoms with Crippen LogP contribution in [0.5, 0.6) is 0 Å². The molecule has 3 amide bonds. The largest absolute Gasteiger partial charge is 0.459 e. The highest BCUT2D eigenvalue weighted by Gasteiger charge is 2.26. The lowest BCUT2D eigenvalue weighted by Crippen LogP contribution is -2.53. The molecule has 2 unspecified atom stereocenters. The van der Waals surface area contributed by atoms with E-state index >= 15 is 0 Å². The minimum Gasteiger partial charge on any atom is -0.459 e. The molecule has 178 valence electrons. The second-order valence-corrected chi connectivity index (χ2v) is 8.93. The molecule has 0 aliphatic heterocycles. The predicted molar refractivity (Wildman–Crippen MR) is 119 cm³/mol. The summed E-state index contributed by atoms with van der Waals surface area (Å²) < 4.78 is 10.3. The first-order valence-electron chi connectivity index (χ1n) is 10.6. The molecule has 0 bridgehead atoms. The number of rotatable bonds is 10. The molecule has 1 rings (SSSR count). The van der Waals surface area contributed by atoms with Gasteiger partial charge in [-0.15, -0.1) is 0 Å². The summed E-state index contributed by atoms with van der Waals surface area (Å²) in [7, 11) is 0. The van der Waals surface area contributed by atoms with Crippen molar-refractivity contribution in [3.63, 3.8) is 0 Å². The Morgan fingerprint density at radius 3 is 2.16 bits per heavy atom. The number of hydrogen-bond acceptors (Lipinski definition) is 6. The third-order valence-corrected chi connectivity index (χ3v) is 4.09. The summed E-state index contributed by atoms with van der Waals surface area (Å²) >= 11 is 0. The second kappa shape index (κ2) is 12.7. The van der Waals surface area contributed by atoms with Crippen molar-refractivity contribution in [1.29, 1.82) is 0 Å². The average molecular weight is 450 g/mol. The van der Waals surface area contributed by atoms with Gasteiger partial charge in [0.2, 0.25) is 11.8 Å². The van der Waals surface area contributed by atoms with Gasteiger partial charge in [0.05, 0.1) is 0 Å². The Morgan fingerprint density at radius 2 is 1.59 bits per heavy atom. The molecule has 0 fully saturated rings. The van der Waals surface area contributed by atoms with Gasteiger partial charge in [0.15, 0.2) is 0 Å². The number of benzene rings is 1. The van der Waals surface area contributed by atoms with E-state index in [0.717, 1.165) is 5.56 Å². The van der Waals surface area contributed by atoms with Crippen LogP contribution in [0.4, 0.5) is 4.79 Å². The molecule has 0 aliphatic rings. The van der Waals surface area contributed by atoms with Crippen molar-refractivity contribution in [3.8, 4) is 0 Å². The molecule has 0 heterocycles. The van der Waals surface area contributed by atoms with E-state index < -0.39 is 41.6 Å². The zero-order valence-electron chi connectivity index (χ0n) is 19.7. The van der Waals surface area contributed by atoms with Crippen LogP contribution >= 0.6 is 0 Å². The maximum Gasteiger partial charge on any atom is 0.408 e. The first-order chi connectivity index (χ1) is 14.9. The molecular formula is C23H35N3O6. The van der Waals surface area contributed by atoms with Crippen molar-refractivity contribution >= 4 is 23.9 Å². The molecule has 0 saturated carbocycles. The number of nitrogens with one attached hydrogen (secondary N) is 3. The summed E-state index contributed by atoms with van der Waals surface area (Å²) in [4.78, 5) is 48.8. The van der Waals surface area contributed by atoms with Gasteiger partial charge in [-0.3, -0.25) is 9.59 Å². The molecule has 0 radical (unpaired) electrons. The lowest BCUT2D eigenvalue weighted by atomic mass is 10.0. The molecule has 0 saturated heterocycles. The van der Waals surface area contributed by atoms with Gasteiger partial charge < -0.3 is 25.4 Å². The van der Waals surface area contributed by atoms with E-state index in [1.165, 1.54) is 6.92 Å². The number of hydrogen-bond donors (Lipinski definition) is 3. The Bertz CT molecular complexity index is 774. The van der Waals surface area contributed by atoms with Gasteiger partial charge in [0.1, 0.15) is 30.8 Å². The molecule has 32 heavy (non-hydrogen) atoms. The van der Waals surface area contributed by atoms with Gasteiger partial charge in [-0.1, -0.05) is 44.2 Å². The lowest BCUT2D eigenvalue weighted by molar-refractivity contribution is -0.148. The Kier molecular flexibility index (Phi) is 10.7. The van der Waals surface area contributed by atoms with Crippen LogP contribution < -0.4 is 16.0 Å². The highest BCUT2D eigenvalue weighted by molar-refractivity contribution is 5.91. The molecule has 9 nitrogen and oxygen atoms in total. The van der Waals surface area contributed by atoms with Crippen molar-refractivity contribution in [1.82, 2.24) is 16.0 Å². The standard InChI is InChI=1S/C23H35N3O6/c1-15(2)12-18(26-19(27)13-24-22(30)32-23(4,5)6)20(28)25-16(3)21(29)31-14-17-10-8-7-9-11-17/h7-11,15-16,18H,12-14H2,1-6H3,(H,24,30)(H,25,28)(H,26,27). The Hall–Kier alpha value is -3.10. The van der Waals surface area contributed by atoms with Crippen molar-refractivity contribution in [2.24, 2.45) is 5.92 Å². The van der Waals surface area contributed by atoms with Crippen LogP contribution in [0.1, 0.15) is 53.5 Å². The maximum absolute atomic E-state index is 12.7. The summed E-state index contributed by atoms with van der Waals surface area (Å²) in [6.07, 6.45) is -0.372. The number of alkyl carbamates (subject to hydrolysis) is 1. The molecule has 0 aliphatic carbocycles. The zero-order valence-corrected chi connectivity index (χ0v) is 19.7. The number of carbonyl (C=O) groups excluding carboxylic acids is 4. The van der Waals surface area contributed by atoms with Crippen LogP contribution in [0.3, 0.4) is 0 Å². The zero-order chi connectivity index (χ0) is 24.3. The SMILES string of the molecule is CC(C)CC(NC(=O)CNC(=O)OC(C)(C)C)C(=O)NC(C)C(=O)OCc1ccccc1. The van der Waals surface area contributed by atoms with Crippen molar-refractivity contribution in [2.45, 2.75) is 72.3 Å². The molecule has 3 N–H and O–H groups in total. The first kappa shape index (κ1) is 26.9. The van der Waals surface area contributed by atoms with Gasteiger partial charge in [0.25, 0.3) is 0 Å². The van der Waals surface area contributed by atoms with Crippen LogP contribution in [0, 0.1) is 5.92 Å². The van der Waals surface area contributed by atoms with E-state index in [1.807, 2.05) is 44.2 Å². The van der Waals surface area contributed by atoms with E-state index in [0.29, 0.717) is 6.42 Å². The van der Waals surface area contributed by atoms with Gasteiger partial charge in [-0.25, -0.2) is 9.59 Å². The summed E-state index contributed by atoms with van der Waals surface area (Å²) in [6.45, 7) is 10.2. The molecule has 0 aromatic heterocycles. The second-order valence-electron chi connectivity index (χ2n) is 8.93. The Morgan fingerprint density at radius 1 is 0.969 bits per heavy atom. The van der Waals surface area contributed by atoms with Crippen LogP contribution in [0.15, 0.2) is 30.3 Å². The van der Waals surface area contributed by atoms with Crippen LogP contribution in [0.25, 0.3) is 0 Å². The van der Waals surface area contributed by atoms with Gasteiger partial charge in [-0.2, -0.15) is 0 Å². The van der Waals surface area contributed by atoms with Crippen LogP contribution in [-0.2, 0) is 30.5 Å². The first-order valence-corrected chi connectivity index (χ1v) is 10.6. The quantitative estimate of drug-likeness (QED) is 0.471. The Labute approximate surface area is 189 Å². The van der Waals surface area contributed by atoms with Crippen molar-refractivity contribution in [2.75, 3.05) is 6.54 Å². The topological polar surface area (TPSA) is 123 Å². The van der Waals surface area contributed by atoms with Gasteiger partial charge in [-0.05, 0) is 45.6 Å². The smallest absolute Gasteiger partial charge is 0.408 e. The molecule has 1 aromatic rings. The number of carbonyl (C=O) groups is 4. The summed E-state index contributed by atoms with van der Waals surface area (Å²) in [6, 6.07) is 7.44. The highest BCUT2D eigenvalue weighted by Crippen LogP contribution is 2.08. The number of ether oxygens (including phenoxy) is 2. The summed E-state index contributed by atoms with van der Waals surface area (Å²) in [5.74, 6) is -1.53. The lowest BCUT2D eigenvalue weighted by Gasteiger charge is -2.23. The van der Waals surface area contributed by atoms with E-state index in [9.17, 15) is 19.2 Å². The molecule has 0 spiro atoms. The molecular weight excluding hydrogens is 414 g/mol. The molecule has 9 heteroatoms. The van der Waals surface area contributed by atoms with E-state index in [-0.39, 0.29) is 19.1 Å². The maximum atomic E-state index is 12.7. The predicted octanol–water partition coefficient (Wildman–Crippen LogP) is 2.29. The van der Waals surface area contributed by atoms with E-state index in [4.69, 9.17) is 9.47 Å². The minimum absolute atomic E-state index is 0.0996. The summed E-state index contributed by atoms with van der Waals surface area (Å²) in [5.41, 5.74) is 0.146. The molecule has 2 atom stereocenters. The fourth-order valence-corrected chi connectivity index (χ4v) is 2.64. The third-order valence-electron chi connectivity index (χ3n) is 4.09. The van der Waals surface area contributed by atoms with Gasteiger partial charge >= 0.3 is 12.1 Å². The Balaban J connectivity index is 2.57. The normalized spacial score (nSPS) is 13.0. The van der Waals surface area contributed by atoms with Crippen molar-refractivity contribution < 1.29 is 28.7 Å². The fourth-order valence-electron chi connectivity index (χ4n) is 2.64. The number of esters is 1. The fraction of sp³-hybridized carbons (Fsp3) is 0.565. The van der Waals surface area contributed by atoms with Crippen molar-refractivity contribution in [3.05, 3.63) is 35.9 Å².